The van der Waals surface area contributed by atoms with Gasteiger partial charge in [0.25, 0.3) is 0 Å². The van der Waals surface area contributed by atoms with Gasteiger partial charge < -0.3 is 0 Å². The fraction of sp³-hybridized carbons (Fsp3) is 0.231. The minimum Gasteiger partial charge on any atom is -0.294 e. The largest absolute Gasteiger partial charge is 0.294 e. The van der Waals surface area contributed by atoms with Crippen molar-refractivity contribution in [1.82, 2.24) is 9.78 Å². The zero-order chi connectivity index (χ0) is 13.1. The maximum atomic E-state index is 13.7. The van der Waals surface area contributed by atoms with Crippen LogP contribution in [0.3, 0.4) is 0 Å². The predicted octanol–water partition coefficient (Wildman–Crippen LogP) is 3.23. The van der Waals surface area contributed by atoms with Gasteiger partial charge in [-0.2, -0.15) is 5.10 Å². The third-order valence-electron chi connectivity index (χ3n) is 2.63. The van der Waals surface area contributed by atoms with E-state index < -0.39 is 5.82 Å². The number of aromatic nitrogens is 2. The molecule has 94 valence electrons. The number of carbonyl (C=O) groups excluding carboxylic acids is 1. The molecule has 0 bridgehead atoms. The first-order valence-electron chi connectivity index (χ1n) is 5.60. The molecule has 0 N–H and O–H groups in total. The van der Waals surface area contributed by atoms with Crippen LogP contribution in [-0.2, 0) is 13.0 Å². The maximum Gasteiger partial charge on any atom is 0.170 e. The van der Waals surface area contributed by atoms with Gasteiger partial charge in [-0.3, -0.25) is 9.48 Å². The van der Waals surface area contributed by atoms with E-state index >= 15 is 0 Å². The molecule has 1 aromatic heterocycles. The Bertz CT molecular complexity index is 580. The van der Waals surface area contributed by atoms with Gasteiger partial charge in [-0.15, -0.1) is 0 Å². The lowest BCUT2D eigenvalue weighted by Gasteiger charge is -2.02. The first-order valence-corrected chi connectivity index (χ1v) is 6.39. The Kier molecular flexibility index (Phi) is 3.91. The van der Waals surface area contributed by atoms with Gasteiger partial charge in [-0.1, -0.05) is 6.07 Å². The molecule has 2 aromatic rings. The lowest BCUT2D eigenvalue weighted by Crippen LogP contribution is -2.06. The molecule has 0 saturated heterocycles. The van der Waals surface area contributed by atoms with Gasteiger partial charge in [0.1, 0.15) is 5.82 Å². The van der Waals surface area contributed by atoms with E-state index in [2.05, 4.69) is 21.0 Å². The van der Waals surface area contributed by atoms with Crippen LogP contribution in [0.1, 0.15) is 22.8 Å². The Hall–Kier alpha value is -1.49. The third-order valence-corrected chi connectivity index (χ3v) is 3.24. The van der Waals surface area contributed by atoms with Gasteiger partial charge in [0, 0.05) is 19.2 Å². The van der Waals surface area contributed by atoms with Crippen molar-refractivity contribution >= 4 is 21.7 Å². The van der Waals surface area contributed by atoms with Crippen molar-refractivity contribution in [3.05, 3.63) is 52.0 Å². The summed E-state index contributed by atoms with van der Waals surface area (Å²) < 4.78 is 15.8. The van der Waals surface area contributed by atoms with E-state index in [-0.39, 0.29) is 17.8 Å². The summed E-state index contributed by atoms with van der Waals surface area (Å²) in [6.07, 6.45) is 3.60. The maximum absolute atomic E-state index is 13.7. The summed E-state index contributed by atoms with van der Waals surface area (Å²) in [5, 5.41) is 4.08. The summed E-state index contributed by atoms with van der Waals surface area (Å²) in [6.45, 7) is 2.71. The lowest BCUT2D eigenvalue weighted by molar-refractivity contribution is 0.0989. The van der Waals surface area contributed by atoms with E-state index in [4.69, 9.17) is 0 Å². The SMILES string of the molecule is CCn1cc(CC(=O)c2cccc(Br)c2F)cn1. The number of benzene rings is 1. The van der Waals surface area contributed by atoms with Crippen LogP contribution in [0.5, 0.6) is 0 Å². The number of ketones is 1. The fourth-order valence-corrected chi connectivity index (χ4v) is 2.04. The van der Waals surface area contributed by atoms with Crippen LogP contribution in [0, 0.1) is 5.82 Å². The summed E-state index contributed by atoms with van der Waals surface area (Å²) in [7, 11) is 0. The van der Waals surface area contributed by atoms with Crippen LogP contribution in [0.25, 0.3) is 0 Å². The van der Waals surface area contributed by atoms with Crippen LogP contribution in [0.15, 0.2) is 35.1 Å². The molecule has 18 heavy (non-hydrogen) atoms. The number of carbonyl (C=O) groups is 1. The van der Waals surface area contributed by atoms with Crippen LogP contribution >= 0.6 is 15.9 Å². The molecule has 0 amide bonds. The topological polar surface area (TPSA) is 34.9 Å². The van der Waals surface area contributed by atoms with Gasteiger partial charge >= 0.3 is 0 Å². The fourth-order valence-electron chi connectivity index (χ4n) is 1.67. The van der Waals surface area contributed by atoms with Crippen LogP contribution in [-0.4, -0.2) is 15.6 Å². The van der Waals surface area contributed by atoms with Crippen molar-refractivity contribution < 1.29 is 9.18 Å². The van der Waals surface area contributed by atoms with Crippen LogP contribution in [0.4, 0.5) is 4.39 Å². The number of aryl methyl sites for hydroxylation is 1. The molecule has 1 heterocycles. The second kappa shape index (κ2) is 5.44. The van der Waals surface area contributed by atoms with Crippen LogP contribution < -0.4 is 0 Å². The predicted molar refractivity (Wildman–Crippen MR) is 70.0 cm³/mol. The first-order chi connectivity index (χ1) is 8.61. The molecule has 0 atom stereocenters. The lowest BCUT2D eigenvalue weighted by atomic mass is 10.1. The molecule has 0 saturated carbocycles. The Morgan fingerprint density at radius 1 is 1.50 bits per heavy atom. The van der Waals surface area contributed by atoms with E-state index in [1.807, 2.05) is 6.92 Å². The van der Waals surface area contributed by atoms with Crippen molar-refractivity contribution in [1.29, 1.82) is 0 Å². The molecule has 1 aromatic carbocycles. The average molecular weight is 311 g/mol. The summed E-state index contributed by atoms with van der Waals surface area (Å²) in [5.74, 6) is -0.755. The third kappa shape index (κ3) is 2.67. The van der Waals surface area contributed by atoms with E-state index in [0.29, 0.717) is 4.47 Å². The quantitative estimate of drug-likeness (QED) is 0.813. The molecule has 0 fully saturated rings. The molecule has 2 rings (SSSR count). The highest BCUT2D eigenvalue weighted by Crippen LogP contribution is 2.20. The van der Waals surface area contributed by atoms with Crippen molar-refractivity contribution in [2.45, 2.75) is 19.9 Å². The summed E-state index contributed by atoms with van der Waals surface area (Å²) in [4.78, 5) is 12.0. The highest BCUT2D eigenvalue weighted by atomic mass is 79.9. The summed E-state index contributed by atoms with van der Waals surface area (Å²) in [5.41, 5.74) is 0.898. The molecular formula is C13H12BrFN2O. The number of hydrogen-bond acceptors (Lipinski definition) is 2. The summed E-state index contributed by atoms with van der Waals surface area (Å²) in [6, 6.07) is 4.71. The van der Waals surface area contributed by atoms with Gasteiger partial charge in [0.2, 0.25) is 0 Å². The van der Waals surface area contributed by atoms with Crippen molar-refractivity contribution in [3.8, 4) is 0 Å². The Morgan fingerprint density at radius 3 is 2.94 bits per heavy atom. The minimum absolute atomic E-state index is 0.105. The zero-order valence-corrected chi connectivity index (χ0v) is 11.4. The monoisotopic (exact) mass is 310 g/mol. The second-order valence-electron chi connectivity index (χ2n) is 3.91. The molecule has 3 nitrogen and oxygen atoms in total. The van der Waals surface area contributed by atoms with E-state index in [1.54, 1.807) is 29.2 Å². The molecule has 0 aliphatic rings. The molecule has 0 unspecified atom stereocenters. The molecule has 0 aliphatic heterocycles. The Morgan fingerprint density at radius 2 is 2.28 bits per heavy atom. The smallest absolute Gasteiger partial charge is 0.170 e. The number of Topliss-reactive ketones (excluding diaryl/α,β-unsaturated/α-hetero) is 1. The van der Waals surface area contributed by atoms with E-state index in [0.717, 1.165) is 12.1 Å². The first kappa shape index (κ1) is 13.0. The summed E-state index contributed by atoms with van der Waals surface area (Å²) >= 11 is 3.07. The molecule has 0 spiro atoms. The second-order valence-corrected chi connectivity index (χ2v) is 4.76. The van der Waals surface area contributed by atoms with Gasteiger partial charge in [0.15, 0.2) is 5.78 Å². The van der Waals surface area contributed by atoms with E-state index in [1.165, 1.54) is 6.07 Å². The highest BCUT2D eigenvalue weighted by molar-refractivity contribution is 9.10. The molecule has 5 heteroatoms. The van der Waals surface area contributed by atoms with E-state index in [9.17, 15) is 9.18 Å². The Balaban J connectivity index is 2.19. The number of hydrogen-bond donors (Lipinski definition) is 0. The van der Waals surface area contributed by atoms with Gasteiger partial charge in [-0.05, 0) is 40.5 Å². The van der Waals surface area contributed by atoms with Gasteiger partial charge in [-0.25, -0.2) is 4.39 Å². The zero-order valence-electron chi connectivity index (χ0n) is 9.86. The highest BCUT2D eigenvalue weighted by Gasteiger charge is 2.14. The molecule has 0 aliphatic carbocycles. The standard InChI is InChI=1S/C13H12BrFN2O/c1-2-17-8-9(7-16-17)6-12(18)10-4-3-5-11(14)13(10)15/h3-5,7-8H,2,6H2,1H3. The molecule has 0 radical (unpaired) electrons. The Labute approximate surface area is 113 Å². The number of rotatable bonds is 4. The average Bonchev–Trinajstić information content (AvgIpc) is 2.80. The normalized spacial score (nSPS) is 10.6. The minimum atomic E-state index is -0.509. The number of halogens is 2. The number of nitrogens with zero attached hydrogens (tertiary/aromatic N) is 2. The van der Waals surface area contributed by atoms with Crippen molar-refractivity contribution in [2.75, 3.05) is 0 Å². The van der Waals surface area contributed by atoms with Crippen molar-refractivity contribution in [2.24, 2.45) is 0 Å². The van der Waals surface area contributed by atoms with Crippen LogP contribution in [0.2, 0.25) is 0 Å². The van der Waals surface area contributed by atoms with Crippen molar-refractivity contribution in [3.63, 3.8) is 0 Å². The molecular weight excluding hydrogens is 299 g/mol. The van der Waals surface area contributed by atoms with Gasteiger partial charge in [0.05, 0.1) is 16.2 Å².